The fourth-order valence-electron chi connectivity index (χ4n) is 5.07. The van der Waals surface area contributed by atoms with Gasteiger partial charge in [-0.15, -0.1) is 0 Å². The van der Waals surface area contributed by atoms with Crippen LogP contribution in [0.2, 0.25) is 0 Å². The summed E-state index contributed by atoms with van der Waals surface area (Å²) < 4.78 is 5.62. The third-order valence-electron chi connectivity index (χ3n) is 6.02. The third-order valence-corrected chi connectivity index (χ3v) is 6.02. The van der Waals surface area contributed by atoms with Crippen LogP contribution in [-0.4, -0.2) is 34.5 Å². The van der Waals surface area contributed by atoms with E-state index in [1.165, 1.54) is 0 Å². The number of nitrogens with zero attached hydrogens (tertiary/aromatic N) is 1. The van der Waals surface area contributed by atoms with E-state index >= 15 is 0 Å². The number of hydrogen-bond acceptors (Lipinski definition) is 3. The largest absolute Gasteiger partial charge is 0.444 e. The van der Waals surface area contributed by atoms with E-state index in [-0.39, 0.29) is 29.6 Å². The topological polar surface area (TPSA) is 46.6 Å². The van der Waals surface area contributed by atoms with E-state index in [1.54, 1.807) is 4.90 Å². The van der Waals surface area contributed by atoms with Gasteiger partial charge in [0.25, 0.3) is 0 Å². The van der Waals surface area contributed by atoms with Crippen molar-refractivity contribution in [1.82, 2.24) is 4.90 Å². The molecule has 25 heavy (non-hydrogen) atoms. The van der Waals surface area contributed by atoms with Crippen LogP contribution >= 0.6 is 0 Å². The van der Waals surface area contributed by atoms with E-state index in [9.17, 15) is 9.59 Å². The van der Waals surface area contributed by atoms with Gasteiger partial charge in [0.2, 0.25) is 0 Å². The normalized spacial score (nSPS) is 33.7. The van der Waals surface area contributed by atoms with E-state index < -0.39 is 11.1 Å². The summed E-state index contributed by atoms with van der Waals surface area (Å²) in [5.41, 5.74) is 1.12. The minimum atomic E-state index is -0.547. The van der Waals surface area contributed by atoms with Crippen LogP contribution in [0, 0.1) is 11.8 Å². The van der Waals surface area contributed by atoms with E-state index in [2.05, 4.69) is 18.7 Å². The van der Waals surface area contributed by atoms with Gasteiger partial charge in [-0.1, -0.05) is 36.9 Å². The van der Waals surface area contributed by atoms with Crippen LogP contribution in [0.3, 0.4) is 0 Å². The van der Waals surface area contributed by atoms with E-state index in [0.717, 1.165) is 17.6 Å². The predicted molar refractivity (Wildman–Crippen MR) is 95.2 cm³/mol. The Kier molecular flexibility index (Phi) is 3.40. The number of carbonyl (C=O) groups excluding carboxylic acids is 2. The van der Waals surface area contributed by atoms with Crippen LogP contribution in [0.25, 0.3) is 0 Å². The Balaban J connectivity index is 1.67. The summed E-state index contributed by atoms with van der Waals surface area (Å²) in [5, 5.41) is 0. The highest BCUT2D eigenvalue weighted by atomic mass is 16.6. The molecule has 1 aromatic carbocycles. The van der Waals surface area contributed by atoms with E-state index in [1.807, 2.05) is 39.0 Å². The van der Waals surface area contributed by atoms with Gasteiger partial charge >= 0.3 is 6.09 Å². The molecule has 0 radical (unpaired) electrons. The lowest BCUT2D eigenvalue weighted by molar-refractivity contribution is -0.132. The van der Waals surface area contributed by atoms with Crippen molar-refractivity contribution in [2.24, 2.45) is 11.8 Å². The highest BCUT2D eigenvalue weighted by molar-refractivity contribution is 5.91. The molecule has 4 aliphatic rings. The molecule has 4 nitrogen and oxygen atoms in total. The maximum absolute atomic E-state index is 12.9. The molecule has 4 atom stereocenters. The molecule has 2 saturated carbocycles. The Labute approximate surface area is 148 Å². The molecule has 4 heteroatoms. The summed E-state index contributed by atoms with van der Waals surface area (Å²) in [6.07, 6.45) is 1.00. The third kappa shape index (κ3) is 2.26. The van der Waals surface area contributed by atoms with Crippen molar-refractivity contribution < 1.29 is 14.3 Å². The van der Waals surface area contributed by atoms with Crippen LogP contribution in [0.5, 0.6) is 0 Å². The van der Waals surface area contributed by atoms with Crippen molar-refractivity contribution in [3.8, 4) is 0 Å². The van der Waals surface area contributed by atoms with Gasteiger partial charge in [-0.2, -0.15) is 0 Å². The predicted octanol–water partition coefficient (Wildman–Crippen LogP) is 3.92. The number of amides is 1. The van der Waals surface area contributed by atoms with Gasteiger partial charge in [0.1, 0.15) is 11.4 Å². The average Bonchev–Trinajstić information content (AvgIpc) is 3.04. The number of rotatable bonds is 1. The zero-order chi connectivity index (χ0) is 18.0. The number of benzene rings is 1. The molecule has 4 fully saturated rings. The zero-order valence-electron chi connectivity index (χ0n) is 15.1. The molecule has 5 rings (SSSR count). The minimum absolute atomic E-state index is 0.0903. The fourth-order valence-corrected chi connectivity index (χ4v) is 5.07. The monoisotopic (exact) mass is 339 g/mol. The second kappa shape index (κ2) is 5.20. The molecule has 2 bridgehead atoms. The minimum Gasteiger partial charge on any atom is -0.444 e. The van der Waals surface area contributed by atoms with E-state index in [4.69, 9.17) is 4.74 Å². The van der Waals surface area contributed by atoms with Crippen molar-refractivity contribution in [1.29, 1.82) is 0 Å². The first kappa shape index (κ1) is 16.4. The molecule has 1 spiro atoms. The van der Waals surface area contributed by atoms with Crippen molar-refractivity contribution in [3.05, 3.63) is 48.0 Å². The van der Waals surface area contributed by atoms with Crippen molar-refractivity contribution in [2.75, 3.05) is 6.54 Å². The van der Waals surface area contributed by atoms with Crippen LogP contribution < -0.4 is 0 Å². The van der Waals surface area contributed by atoms with Gasteiger partial charge in [-0.05, 0) is 44.2 Å². The molecular weight excluding hydrogens is 314 g/mol. The Morgan fingerprint density at radius 1 is 1.28 bits per heavy atom. The van der Waals surface area contributed by atoms with Crippen molar-refractivity contribution >= 4 is 11.9 Å². The SMILES string of the molecule is C=C1[C@@H]2CN(C(=O)OC(C)(C)C)[C@]13C[C@@H](c1ccccc1)CC(=O)[C@H]23. The number of ether oxygens (including phenoxy) is 1. The van der Waals surface area contributed by atoms with Crippen molar-refractivity contribution in [2.45, 2.75) is 50.7 Å². The summed E-state index contributed by atoms with van der Waals surface area (Å²) in [5.74, 6) is 0.415. The number of fused-ring (bicyclic) bond motifs is 1. The molecule has 0 aromatic heterocycles. The van der Waals surface area contributed by atoms with Gasteiger partial charge in [0.15, 0.2) is 0 Å². The lowest BCUT2D eigenvalue weighted by atomic mass is 9.51. The van der Waals surface area contributed by atoms with Crippen LogP contribution in [0.1, 0.15) is 45.1 Å². The maximum atomic E-state index is 12.9. The number of carbonyl (C=O) groups is 2. The summed E-state index contributed by atoms with van der Waals surface area (Å²) >= 11 is 0. The molecular formula is C21H25NO3. The lowest BCUT2D eigenvalue weighted by Crippen LogP contribution is -2.63. The fraction of sp³-hybridized carbons (Fsp3) is 0.524. The molecule has 2 aliphatic heterocycles. The Morgan fingerprint density at radius 3 is 2.60 bits per heavy atom. The molecule has 1 amide bonds. The zero-order valence-corrected chi connectivity index (χ0v) is 15.1. The second-order valence-electron chi connectivity index (χ2n) is 8.61. The van der Waals surface area contributed by atoms with Crippen LogP contribution in [-0.2, 0) is 9.53 Å². The Morgan fingerprint density at radius 2 is 1.96 bits per heavy atom. The van der Waals surface area contributed by atoms with E-state index in [0.29, 0.717) is 13.0 Å². The summed E-state index contributed by atoms with van der Waals surface area (Å²) in [7, 11) is 0. The smallest absolute Gasteiger partial charge is 0.411 e. The maximum Gasteiger partial charge on any atom is 0.411 e. The van der Waals surface area contributed by atoms with Gasteiger partial charge in [0.05, 0.1) is 11.5 Å². The molecule has 0 N–H and O–H groups in total. The highest BCUT2D eigenvalue weighted by Crippen LogP contribution is 2.65. The number of ketones is 1. The van der Waals surface area contributed by atoms with Gasteiger partial charge < -0.3 is 4.74 Å². The molecule has 1 aromatic rings. The first-order chi connectivity index (χ1) is 11.7. The lowest BCUT2D eigenvalue weighted by Gasteiger charge is -2.54. The standard InChI is InChI=1S/C21H25NO3/c1-13-16-12-22(19(24)25-20(2,3)4)21(13)11-15(10-17(23)18(16)21)14-8-6-5-7-9-14/h5-9,15-16,18H,1,10-12H2,2-4H3/t15-,16-,18-,21+/m0/s1. The number of Topliss-reactive ketones (excluding diaryl/α,β-unsaturated/α-hetero) is 1. The Bertz CT molecular complexity index is 748. The quantitative estimate of drug-likeness (QED) is 0.729. The summed E-state index contributed by atoms with van der Waals surface area (Å²) in [4.78, 5) is 27.5. The molecule has 132 valence electrons. The number of hydrogen-bond donors (Lipinski definition) is 0. The van der Waals surface area contributed by atoms with Gasteiger partial charge in [-0.3, -0.25) is 9.69 Å². The molecule has 2 heterocycles. The van der Waals surface area contributed by atoms with Crippen LogP contribution in [0.15, 0.2) is 42.5 Å². The highest BCUT2D eigenvalue weighted by Gasteiger charge is 2.72. The summed E-state index contributed by atoms with van der Waals surface area (Å²) in [6, 6.07) is 10.1. The van der Waals surface area contributed by atoms with Crippen molar-refractivity contribution in [3.63, 3.8) is 0 Å². The van der Waals surface area contributed by atoms with Gasteiger partial charge in [0, 0.05) is 18.9 Å². The molecule has 2 saturated heterocycles. The van der Waals surface area contributed by atoms with Crippen LogP contribution in [0.4, 0.5) is 4.79 Å². The first-order valence-electron chi connectivity index (χ1n) is 9.01. The first-order valence-corrected chi connectivity index (χ1v) is 9.01. The average molecular weight is 339 g/mol. The summed E-state index contributed by atoms with van der Waals surface area (Å²) in [6.45, 7) is 10.4. The molecule has 2 aliphatic carbocycles. The molecule has 0 unspecified atom stereocenters. The Hall–Kier alpha value is -2.10. The second-order valence-corrected chi connectivity index (χ2v) is 8.61. The van der Waals surface area contributed by atoms with Gasteiger partial charge in [-0.25, -0.2) is 4.79 Å².